The van der Waals surface area contributed by atoms with Crippen LogP contribution in [0.5, 0.6) is 11.5 Å². The first-order valence-corrected chi connectivity index (χ1v) is 20.2. The van der Waals surface area contributed by atoms with E-state index in [9.17, 15) is 17.6 Å². The highest BCUT2D eigenvalue weighted by molar-refractivity contribution is 6.30. The Bertz CT molecular complexity index is 3110. The third-order valence-corrected chi connectivity index (χ3v) is 12.0. The van der Waals surface area contributed by atoms with Gasteiger partial charge in [0.05, 0.1) is 47.7 Å². The van der Waals surface area contributed by atoms with Crippen molar-refractivity contribution in [2.45, 2.75) is 19.8 Å². The molecule has 13 heteroatoms. The number of aromatic amines is 4. The number of likely N-dealkylation sites (N-methyl/N-ethyl adjacent to an activating group) is 1. The van der Waals surface area contributed by atoms with Gasteiger partial charge in [-0.3, -0.25) is 0 Å². The van der Waals surface area contributed by atoms with E-state index in [0.717, 1.165) is 144 Å². The summed E-state index contributed by atoms with van der Waals surface area (Å²) in [4.78, 5) is 18.3. The predicted octanol–water partition coefficient (Wildman–Crippen LogP) is 11.4. The van der Waals surface area contributed by atoms with Gasteiger partial charge in [-0.05, 0) is 86.3 Å². The summed E-state index contributed by atoms with van der Waals surface area (Å²) in [5.41, 5.74) is 8.38. The van der Waals surface area contributed by atoms with Crippen molar-refractivity contribution in [2.24, 2.45) is 0 Å². The van der Waals surface area contributed by atoms with Crippen molar-refractivity contribution in [3.05, 3.63) is 96.1 Å². The lowest BCUT2D eigenvalue weighted by Crippen LogP contribution is -2.44. The van der Waals surface area contributed by atoms with E-state index in [2.05, 4.69) is 49.0 Å². The molecule has 11 rings (SSSR count). The minimum absolute atomic E-state index is 0.290. The highest BCUT2D eigenvalue weighted by atomic mass is 19.1. The molecule has 0 spiro atoms. The van der Waals surface area contributed by atoms with Crippen LogP contribution in [0.1, 0.15) is 19.8 Å². The van der Waals surface area contributed by atoms with Crippen LogP contribution >= 0.6 is 0 Å². The Morgan fingerprint density at radius 1 is 0.550 bits per heavy atom. The van der Waals surface area contributed by atoms with Crippen LogP contribution in [0.4, 0.5) is 28.9 Å². The zero-order chi connectivity index (χ0) is 41.4. The normalized spacial score (nSPS) is 13.8. The molecule has 1 saturated heterocycles. The maximum Gasteiger partial charge on any atom is 0.167 e. The number of nitrogens with one attached hydrogen (secondary N) is 5. The van der Waals surface area contributed by atoms with Gasteiger partial charge in [-0.1, -0.05) is 13.3 Å². The van der Waals surface area contributed by atoms with Gasteiger partial charge in [0.1, 0.15) is 23.3 Å². The van der Waals surface area contributed by atoms with Crippen molar-refractivity contribution < 1.29 is 27.0 Å². The number of hydrogen-bond acceptors (Lipinski definition) is 5. The summed E-state index contributed by atoms with van der Waals surface area (Å²) in [5, 5.41) is 10.2. The number of fused-ring (bicyclic) bond motifs is 12. The van der Waals surface area contributed by atoms with E-state index in [0.29, 0.717) is 11.5 Å². The topological polar surface area (TPSA) is 100 Å². The molecule has 4 aromatic heterocycles. The summed E-state index contributed by atoms with van der Waals surface area (Å²) in [6, 6.07) is 18.9. The van der Waals surface area contributed by atoms with Gasteiger partial charge in [-0.25, -0.2) is 17.6 Å². The number of unbranched alkanes of at least 4 members (excludes halogenated alkanes) is 1. The zero-order valence-corrected chi connectivity index (χ0v) is 33.6. The Labute approximate surface area is 341 Å². The van der Waals surface area contributed by atoms with Crippen LogP contribution in [0.3, 0.4) is 0 Å². The van der Waals surface area contributed by atoms with Gasteiger partial charge < -0.3 is 44.5 Å². The van der Waals surface area contributed by atoms with E-state index < -0.39 is 0 Å². The van der Waals surface area contributed by atoms with E-state index in [1.807, 2.05) is 0 Å². The summed E-state index contributed by atoms with van der Waals surface area (Å²) in [6.45, 7) is 6.39. The van der Waals surface area contributed by atoms with Crippen molar-refractivity contribution in [3.8, 4) is 11.5 Å². The Kier molecular flexibility index (Phi) is 9.16. The van der Waals surface area contributed by atoms with E-state index in [4.69, 9.17) is 9.47 Å². The number of anilines is 2. The van der Waals surface area contributed by atoms with E-state index >= 15 is 0 Å². The number of nitrogens with zero attached hydrogens (tertiary/aromatic N) is 2. The molecule has 0 saturated carbocycles. The number of halogens is 4. The highest BCUT2D eigenvalue weighted by Crippen LogP contribution is 2.49. The molecule has 0 aliphatic carbocycles. The fourth-order valence-electron chi connectivity index (χ4n) is 9.17. The summed E-state index contributed by atoms with van der Waals surface area (Å²) < 4.78 is 68.4. The molecule has 1 aliphatic heterocycles. The van der Waals surface area contributed by atoms with Crippen LogP contribution in [0, 0.1) is 23.3 Å². The second-order valence-electron chi connectivity index (χ2n) is 15.6. The van der Waals surface area contributed by atoms with Gasteiger partial charge in [-0.2, -0.15) is 0 Å². The summed E-state index contributed by atoms with van der Waals surface area (Å²) >= 11 is 0. The van der Waals surface area contributed by atoms with Gasteiger partial charge in [0, 0.05) is 97.9 Å². The first-order chi connectivity index (χ1) is 29.2. The molecule has 0 radical (unpaired) electrons. The van der Waals surface area contributed by atoms with Crippen LogP contribution < -0.4 is 19.7 Å². The number of H-pyrrole nitrogens is 4. The number of hydrogen-bond donors (Lipinski definition) is 5. The molecule has 6 aromatic carbocycles. The van der Waals surface area contributed by atoms with Gasteiger partial charge in [0.2, 0.25) is 0 Å². The van der Waals surface area contributed by atoms with Crippen molar-refractivity contribution in [3.63, 3.8) is 0 Å². The maximum absolute atomic E-state index is 14.3. The highest BCUT2D eigenvalue weighted by Gasteiger charge is 2.28. The van der Waals surface area contributed by atoms with Gasteiger partial charge in [0.25, 0.3) is 0 Å². The monoisotopic (exact) mass is 813 g/mol. The lowest BCUT2D eigenvalue weighted by atomic mass is 10.0. The second kappa shape index (κ2) is 14.6. The first-order valence-electron chi connectivity index (χ1n) is 20.2. The number of ether oxygens (including phenoxy) is 2. The van der Waals surface area contributed by atoms with Crippen molar-refractivity contribution in [2.75, 3.05) is 64.2 Å². The Morgan fingerprint density at radius 3 is 1.28 bits per heavy atom. The van der Waals surface area contributed by atoms with Crippen LogP contribution in [-0.4, -0.2) is 78.8 Å². The predicted molar refractivity (Wildman–Crippen MR) is 236 cm³/mol. The van der Waals surface area contributed by atoms with E-state index in [1.165, 1.54) is 36.4 Å². The molecule has 10 aromatic rings. The number of methoxy groups -OCH3 is 2. The molecule has 60 heavy (non-hydrogen) atoms. The fraction of sp³-hybridized carbons (Fsp3) is 0.234. The van der Waals surface area contributed by atoms with Crippen LogP contribution in [0.15, 0.2) is 72.8 Å². The lowest BCUT2D eigenvalue weighted by molar-refractivity contribution is 0.313. The average Bonchev–Trinajstić information content (AvgIpc) is 4.01. The van der Waals surface area contributed by atoms with Crippen LogP contribution in [0.2, 0.25) is 0 Å². The molecule has 1 fully saturated rings. The Hall–Kier alpha value is -6.60. The number of aromatic nitrogens is 4. The molecule has 0 atom stereocenters. The third-order valence-electron chi connectivity index (χ3n) is 12.0. The summed E-state index contributed by atoms with van der Waals surface area (Å²) in [7, 11) is 5.34. The maximum atomic E-state index is 14.3. The largest absolute Gasteiger partial charge is 0.492 e. The minimum atomic E-state index is -0.304. The first kappa shape index (κ1) is 37.7. The van der Waals surface area contributed by atoms with Gasteiger partial charge in [-0.15, -0.1) is 0 Å². The fourth-order valence-corrected chi connectivity index (χ4v) is 9.17. The van der Waals surface area contributed by atoms with Crippen LogP contribution in [0.25, 0.3) is 87.2 Å². The van der Waals surface area contributed by atoms with Crippen molar-refractivity contribution in [1.82, 2.24) is 24.8 Å². The van der Waals surface area contributed by atoms with E-state index in [1.54, 1.807) is 50.6 Å². The van der Waals surface area contributed by atoms with Gasteiger partial charge >= 0.3 is 0 Å². The summed E-state index contributed by atoms with van der Waals surface area (Å²) in [5.74, 6) is 0.0905. The SMILES string of the molecule is CCCCNc1c2c([nH]c3ccc(F)cc32)c(OC)c2[nH]c3ccc(F)cc3c12.COc1c2[nH]c3ccc(F)cc3c2c(N2CCN(C)CC2)c2c1[nH]c1ccc(F)cc12. The summed E-state index contributed by atoms with van der Waals surface area (Å²) in [6.07, 6.45) is 2.03. The molecule has 5 N–H and O–H groups in total. The molecule has 9 nitrogen and oxygen atoms in total. The molecule has 0 unspecified atom stereocenters. The molecule has 1 aliphatic rings. The molecule has 0 amide bonds. The second-order valence-corrected chi connectivity index (χ2v) is 15.6. The quantitative estimate of drug-likeness (QED) is 0.0815. The lowest BCUT2D eigenvalue weighted by Gasteiger charge is -2.35. The standard InChI is InChI=1S/C24H22F2N4O.C23H21F2N3O/c1-29-7-9-30(10-8-29)23-19-15-11-13(25)3-5-17(15)27-21(19)24(31-2)22-20(23)16-12-14(26)4-6-18(16)28-22;1-3-4-9-26-20-18-14-10-12(24)5-7-16(14)27-21(18)23(29-2)22-19(20)15-11-13(25)6-8-17(15)28-22/h3-6,11-12,27-28H,7-10H2,1-2H3;5-8,10-11,26-28H,3-4,9H2,1-2H3. The molecule has 306 valence electrons. The zero-order valence-electron chi connectivity index (χ0n) is 33.6. The molecule has 0 bridgehead atoms. The molecule has 5 heterocycles. The minimum Gasteiger partial charge on any atom is -0.492 e. The Morgan fingerprint density at radius 2 is 0.917 bits per heavy atom. The van der Waals surface area contributed by atoms with Crippen molar-refractivity contribution in [1.29, 1.82) is 0 Å². The third kappa shape index (κ3) is 5.93. The number of benzene rings is 6. The van der Waals surface area contributed by atoms with E-state index in [-0.39, 0.29) is 23.3 Å². The van der Waals surface area contributed by atoms with Crippen LogP contribution in [-0.2, 0) is 0 Å². The number of rotatable bonds is 7. The molecular weight excluding hydrogens is 771 g/mol. The molecular formula is C47H43F4N7O2. The van der Waals surface area contributed by atoms with Crippen molar-refractivity contribution >= 4 is 98.6 Å². The smallest absolute Gasteiger partial charge is 0.167 e. The Balaban J connectivity index is 0.000000145. The van der Waals surface area contributed by atoms with Gasteiger partial charge in [0.15, 0.2) is 11.5 Å². The number of piperazine rings is 1. The average molecular weight is 814 g/mol.